The molecule has 0 fully saturated rings. The molecule has 19 heavy (non-hydrogen) atoms. The number of aliphatic hydroxyl groups excluding tert-OH is 1. The van der Waals surface area contributed by atoms with Gasteiger partial charge in [-0.2, -0.15) is 0 Å². The van der Waals surface area contributed by atoms with Crippen molar-refractivity contribution in [1.82, 2.24) is 0 Å². The van der Waals surface area contributed by atoms with E-state index in [0.717, 1.165) is 24.8 Å². The highest BCUT2D eigenvalue weighted by Gasteiger charge is 2.29. The third kappa shape index (κ3) is 4.94. The molecule has 0 bridgehead atoms. The van der Waals surface area contributed by atoms with Gasteiger partial charge in [-0.15, -0.1) is 0 Å². The fourth-order valence-corrected chi connectivity index (χ4v) is 2.42. The lowest BCUT2D eigenvalue weighted by Crippen LogP contribution is -2.30. The first-order valence-electron chi connectivity index (χ1n) is 7.03. The van der Waals surface area contributed by atoms with E-state index in [1.807, 2.05) is 30.3 Å². The second-order valence-corrected chi connectivity index (χ2v) is 4.85. The van der Waals surface area contributed by atoms with Gasteiger partial charge in [0.05, 0.1) is 6.10 Å². The van der Waals surface area contributed by atoms with Gasteiger partial charge in [0, 0.05) is 20.1 Å². The van der Waals surface area contributed by atoms with Crippen molar-refractivity contribution in [3.8, 4) is 0 Å². The summed E-state index contributed by atoms with van der Waals surface area (Å²) in [5, 5.41) is 10.6. The van der Waals surface area contributed by atoms with Gasteiger partial charge in [0.1, 0.15) is 0 Å². The summed E-state index contributed by atoms with van der Waals surface area (Å²) in [5.41, 5.74) is 0.920. The summed E-state index contributed by atoms with van der Waals surface area (Å²) in [6.07, 6.45) is 3.39. The Balaban J connectivity index is 2.76. The molecule has 1 aromatic rings. The van der Waals surface area contributed by atoms with Crippen LogP contribution in [0.2, 0.25) is 0 Å². The number of aliphatic hydroxyl groups is 1. The molecule has 3 nitrogen and oxygen atoms in total. The molecule has 0 heterocycles. The van der Waals surface area contributed by atoms with Crippen LogP contribution in [0.3, 0.4) is 0 Å². The fourth-order valence-electron chi connectivity index (χ4n) is 2.42. The molecule has 1 N–H and O–H groups in total. The summed E-state index contributed by atoms with van der Waals surface area (Å²) in [5.74, 6) is -0.0380. The van der Waals surface area contributed by atoms with Crippen molar-refractivity contribution in [3.63, 3.8) is 0 Å². The number of hydrogen-bond acceptors (Lipinski definition) is 3. The average molecular weight is 266 g/mol. The smallest absolute Gasteiger partial charge is 0.162 e. The number of methoxy groups -OCH3 is 2. The van der Waals surface area contributed by atoms with E-state index in [9.17, 15) is 5.11 Å². The molecular formula is C16H26O3. The van der Waals surface area contributed by atoms with E-state index in [1.165, 1.54) is 6.42 Å². The van der Waals surface area contributed by atoms with Crippen LogP contribution in [-0.2, 0) is 9.47 Å². The van der Waals surface area contributed by atoms with E-state index in [0.29, 0.717) is 0 Å². The Bertz CT molecular complexity index is 322. The van der Waals surface area contributed by atoms with Crippen LogP contribution in [0.15, 0.2) is 30.3 Å². The first kappa shape index (κ1) is 16.2. The van der Waals surface area contributed by atoms with Crippen molar-refractivity contribution in [2.45, 2.75) is 45.0 Å². The van der Waals surface area contributed by atoms with Crippen LogP contribution in [0.5, 0.6) is 0 Å². The van der Waals surface area contributed by atoms with Gasteiger partial charge in [0.25, 0.3) is 0 Å². The van der Waals surface area contributed by atoms with Crippen LogP contribution in [0.4, 0.5) is 0 Å². The van der Waals surface area contributed by atoms with Crippen LogP contribution < -0.4 is 0 Å². The Labute approximate surface area is 116 Å². The van der Waals surface area contributed by atoms with Gasteiger partial charge in [-0.1, -0.05) is 56.5 Å². The van der Waals surface area contributed by atoms with Crippen LogP contribution in [0.25, 0.3) is 0 Å². The van der Waals surface area contributed by atoms with Gasteiger partial charge in [-0.3, -0.25) is 0 Å². The Hall–Kier alpha value is -0.900. The molecular weight excluding hydrogens is 240 g/mol. The monoisotopic (exact) mass is 266 g/mol. The molecule has 0 saturated carbocycles. The van der Waals surface area contributed by atoms with E-state index in [4.69, 9.17) is 9.47 Å². The molecule has 108 valence electrons. The molecule has 0 amide bonds. The summed E-state index contributed by atoms with van der Waals surface area (Å²) in [7, 11) is 3.25. The first-order valence-corrected chi connectivity index (χ1v) is 7.03. The minimum atomic E-state index is -0.553. The maximum Gasteiger partial charge on any atom is 0.162 e. The molecule has 1 aromatic carbocycles. The van der Waals surface area contributed by atoms with Crippen LogP contribution in [-0.4, -0.2) is 25.6 Å². The lowest BCUT2D eigenvalue weighted by atomic mass is 9.90. The molecule has 1 rings (SSSR count). The number of hydrogen-bond donors (Lipinski definition) is 1. The topological polar surface area (TPSA) is 38.7 Å². The Morgan fingerprint density at radius 3 is 2.21 bits per heavy atom. The maximum absolute atomic E-state index is 10.6. The lowest BCUT2D eigenvalue weighted by Gasteiger charge is -2.29. The summed E-state index contributed by atoms with van der Waals surface area (Å²) >= 11 is 0. The minimum absolute atomic E-state index is 0.0380. The standard InChI is InChI=1S/C16H26O3/c1-4-5-7-12-14(16(18-2)19-3)15(17)13-10-8-6-9-11-13/h6,8-11,14-17H,4-5,7,12H2,1-3H3/t14?,15-/m0/s1. The van der Waals surface area contributed by atoms with Gasteiger partial charge in [0.15, 0.2) is 6.29 Å². The molecule has 0 aliphatic rings. The number of unbranched alkanes of at least 4 members (excludes halogenated alkanes) is 2. The van der Waals surface area contributed by atoms with Gasteiger partial charge in [0.2, 0.25) is 0 Å². The van der Waals surface area contributed by atoms with Gasteiger partial charge in [-0.25, -0.2) is 0 Å². The van der Waals surface area contributed by atoms with E-state index >= 15 is 0 Å². The zero-order valence-electron chi connectivity index (χ0n) is 12.2. The third-order valence-electron chi connectivity index (χ3n) is 3.50. The van der Waals surface area contributed by atoms with Crippen molar-refractivity contribution in [2.75, 3.05) is 14.2 Å². The van der Waals surface area contributed by atoms with Gasteiger partial charge < -0.3 is 14.6 Å². The van der Waals surface area contributed by atoms with E-state index in [2.05, 4.69) is 6.92 Å². The lowest BCUT2D eigenvalue weighted by molar-refractivity contribution is -0.164. The molecule has 0 aliphatic heterocycles. The third-order valence-corrected chi connectivity index (χ3v) is 3.50. The summed E-state index contributed by atoms with van der Waals surface area (Å²) in [4.78, 5) is 0. The number of ether oxygens (including phenoxy) is 2. The second-order valence-electron chi connectivity index (χ2n) is 4.85. The molecule has 1 unspecified atom stereocenters. The van der Waals surface area contributed by atoms with Crippen molar-refractivity contribution in [3.05, 3.63) is 35.9 Å². The van der Waals surface area contributed by atoms with E-state index in [-0.39, 0.29) is 12.2 Å². The quantitative estimate of drug-likeness (QED) is 0.549. The van der Waals surface area contributed by atoms with Crippen molar-refractivity contribution in [1.29, 1.82) is 0 Å². The van der Waals surface area contributed by atoms with Crippen molar-refractivity contribution >= 4 is 0 Å². The minimum Gasteiger partial charge on any atom is -0.388 e. The van der Waals surface area contributed by atoms with Crippen LogP contribution in [0.1, 0.15) is 44.3 Å². The van der Waals surface area contributed by atoms with E-state index in [1.54, 1.807) is 14.2 Å². The molecule has 2 atom stereocenters. The highest BCUT2D eigenvalue weighted by Crippen LogP contribution is 2.30. The first-order chi connectivity index (χ1) is 9.24. The Kier molecular flexibility index (Phi) is 7.72. The number of benzene rings is 1. The largest absolute Gasteiger partial charge is 0.388 e. The van der Waals surface area contributed by atoms with E-state index < -0.39 is 6.10 Å². The zero-order chi connectivity index (χ0) is 14.1. The molecule has 0 spiro atoms. The normalized spacial score (nSPS) is 14.6. The predicted molar refractivity (Wildman–Crippen MR) is 76.8 cm³/mol. The maximum atomic E-state index is 10.6. The van der Waals surface area contributed by atoms with Crippen LogP contribution in [0, 0.1) is 5.92 Å². The summed E-state index contributed by atoms with van der Waals surface area (Å²) in [6, 6.07) is 9.72. The summed E-state index contributed by atoms with van der Waals surface area (Å²) in [6.45, 7) is 2.17. The fraction of sp³-hybridized carbons (Fsp3) is 0.625. The van der Waals surface area contributed by atoms with Gasteiger partial charge in [-0.05, 0) is 12.0 Å². The summed E-state index contributed by atoms with van der Waals surface area (Å²) < 4.78 is 10.7. The van der Waals surface area contributed by atoms with Crippen molar-refractivity contribution in [2.24, 2.45) is 5.92 Å². The SMILES string of the molecule is CCCCCC(C(OC)OC)[C@@H](O)c1ccccc1. The van der Waals surface area contributed by atoms with Crippen LogP contribution >= 0.6 is 0 Å². The van der Waals surface area contributed by atoms with Gasteiger partial charge >= 0.3 is 0 Å². The highest BCUT2D eigenvalue weighted by atomic mass is 16.7. The number of rotatable bonds is 9. The highest BCUT2D eigenvalue weighted by molar-refractivity contribution is 5.18. The molecule has 0 aliphatic carbocycles. The molecule has 3 heteroatoms. The molecule has 0 aromatic heterocycles. The molecule has 0 radical (unpaired) electrons. The van der Waals surface area contributed by atoms with Crippen molar-refractivity contribution < 1.29 is 14.6 Å². The molecule has 0 saturated heterocycles. The Morgan fingerprint density at radius 1 is 1.05 bits per heavy atom. The second kappa shape index (κ2) is 9.08. The predicted octanol–water partition coefficient (Wildman–Crippen LogP) is 3.54. The zero-order valence-corrected chi connectivity index (χ0v) is 12.2. The average Bonchev–Trinajstić information content (AvgIpc) is 2.47. The Morgan fingerprint density at radius 2 is 1.68 bits per heavy atom.